The van der Waals surface area contributed by atoms with E-state index in [1.165, 1.54) is 12.1 Å². The van der Waals surface area contributed by atoms with Crippen molar-refractivity contribution in [2.75, 3.05) is 5.32 Å². The monoisotopic (exact) mass is 283 g/mol. The normalized spacial score (nSPS) is 10.2. The van der Waals surface area contributed by atoms with Crippen LogP contribution in [0.1, 0.15) is 12.5 Å². The number of para-hydroxylation sites is 1. The first-order valence-electron chi connectivity index (χ1n) is 6.49. The molecule has 21 heavy (non-hydrogen) atoms. The predicted molar refractivity (Wildman–Crippen MR) is 84.7 cm³/mol. The Kier molecular flexibility index (Phi) is 3.98. The maximum absolute atomic E-state index is 11.7. The lowest BCUT2D eigenvalue weighted by Gasteiger charge is -2.12. The van der Waals surface area contributed by atoms with E-state index in [2.05, 4.69) is 11.9 Å². The molecule has 0 amide bonds. The molecule has 2 aromatic carbocycles. The summed E-state index contributed by atoms with van der Waals surface area (Å²) in [5.74, 6) is -1.08. The Morgan fingerprint density at radius 3 is 2.48 bits per heavy atom. The number of hydrogen-bond acceptors (Lipinski definition) is 4. The molecule has 0 spiro atoms. The number of allylic oxidation sites excluding steroid dienone is 1. The van der Waals surface area contributed by atoms with E-state index in [-0.39, 0.29) is 0 Å². The third kappa shape index (κ3) is 3.05. The van der Waals surface area contributed by atoms with Gasteiger partial charge in [-0.3, -0.25) is 4.79 Å². The minimum absolute atomic E-state index is 0.437. The summed E-state index contributed by atoms with van der Waals surface area (Å²) in [4.78, 5) is 11.7. The van der Waals surface area contributed by atoms with Crippen LogP contribution in [-0.2, 0) is 0 Å². The maximum atomic E-state index is 11.7. The fourth-order valence-electron chi connectivity index (χ4n) is 2.13. The van der Waals surface area contributed by atoms with Crippen LogP contribution in [0.4, 0.5) is 5.69 Å². The minimum atomic E-state index is -0.644. The van der Waals surface area contributed by atoms with E-state index >= 15 is 0 Å². The van der Waals surface area contributed by atoms with Gasteiger partial charge in [0.15, 0.2) is 5.75 Å². The van der Waals surface area contributed by atoms with Gasteiger partial charge < -0.3 is 15.5 Å². The van der Waals surface area contributed by atoms with Gasteiger partial charge in [-0.25, -0.2) is 0 Å². The summed E-state index contributed by atoms with van der Waals surface area (Å²) in [6.45, 7) is 7.41. The quantitative estimate of drug-likeness (QED) is 0.807. The van der Waals surface area contributed by atoms with Crippen molar-refractivity contribution >= 4 is 5.69 Å². The smallest absolute Gasteiger partial charge is 0.224 e. The zero-order valence-corrected chi connectivity index (χ0v) is 12.0. The molecule has 2 rings (SSSR count). The average molecular weight is 283 g/mol. The van der Waals surface area contributed by atoms with Crippen LogP contribution in [0.25, 0.3) is 11.1 Å². The SMILES string of the molecule is C=C(C)Nc1ccccc1-c1cc(O)c(O)c(=O)cc1C. The number of hydrogen-bond donors (Lipinski definition) is 3. The molecular weight excluding hydrogens is 266 g/mol. The van der Waals surface area contributed by atoms with Gasteiger partial charge in [0.05, 0.1) is 0 Å². The number of benzene rings is 1. The third-order valence-electron chi connectivity index (χ3n) is 3.09. The van der Waals surface area contributed by atoms with E-state index in [4.69, 9.17) is 0 Å². The molecule has 0 aliphatic carbocycles. The number of anilines is 1. The van der Waals surface area contributed by atoms with Gasteiger partial charge in [-0.15, -0.1) is 0 Å². The second-order valence-electron chi connectivity index (χ2n) is 4.93. The molecule has 3 N–H and O–H groups in total. The van der Waals surface area contributed by atoms with Crippen LogP contribution in [0.15, 0.2) is 53.5 Å². The summed E-state index contributed by atoms with van der Waals surface area (Å²) < 4.78 is 0. The minimum Gasteiger partial charge on any atom is -0.504 e. The standard InChI is InChI=1S/C17H17NO3/c1-10(2)18-14-7-5-4-6-12(14)13-9-16(20)17(21)15(19)8-11(13)3/h4-9,18H,1H2,2-3H3,(H2,19,20,21). The molecule has 0 aromatic heterocycles. The van der Waals surface area contributed by atoms with Crippen LogP contribution < -0.4 is 10.7 Å². The molecule has 2 aromatic rings. The van der Waals surface area contributed by atoms with Gasteiger partial charge in [0.2, 0.25) is 11.2 Å². The Labute approximate surface area is 123 Å². The van der Waals surface area contributed by atoms with Gasteiger partial charge in [-0.05, 0) is 43.2 Å². The Morgan fingerprint density at radius 1 is 1.14 bits per heavy atom. The molecule has 108 valence electrons. The fourth-order valence-corrected chi connectivity index (χ4v) is 2.13. The van der Waals surface area contributed by atoms with E-state index in [0.29, 0.717) is 11.1 Å². The Bertz CT molecular complexity index is 766. The van der Waals surface area contributed by atoms with Gasteiger partial charge >= 0.3 is 0 Å². The molecule has 0 aliphatic rings. The van der Waals surface area contributed by atoms with Gasteiger partial charge in [-0.1, -0.05) is 24.8 Å². The second-order valence-corrected chi connectivity index (χ2v) is 4.93. The Hall–Kier alpha value is -2.75. The van der Waals surface area contributed by atoms with Crippen molar-refractivity contribution in [3.8, 4) is 22.6 Å². The van der Waals surface area contributed by atoms with Gasteiger partial charge in [0, 0.05) is 16.9 Å². The molecule has 0 unspecified atom stereocenters. The topological polar surface area (TPSA) is 69.6 Å². The zero-order chi connectivity index (χ0) is 15.6. The molecule has 0 fully saturated rings. The molecule has 4 nitrogen and oxygen atoms in total. The number of aryl methyl sites for hydroxylation is 1. The molecule has 0 aliphatic heterocycles. The van der Waals surface area contributed by atoms with Crippen LogP contribution in [0.2, 0.25) is 0 Å². The van der Waals surface area contributed by atoms with Gasteiger partial charge in [-0.2, -0.15) is 0 Å². The molecule has 0 saturated heterocycles. The van der Waals surface area contributed by atoms with Crippen molar-refractivity contribution in [2.24, 2.45) is 0 Å². The second kappa shape index (κ2) is 5.71. The highest BCUT2D eigenvalue weighted by Gasteiger charge is 2.11. The lowest BCUT2D eigenvalue weighted by Crippen LogP contribution is -1.97. The first-order chi connectivity index (χ1) is 9.90. The van der Waals surface area contributed by atoms with Crippen LogP contribution in [0.3, 0.4) is 0 Å². The van der Waals surface area contributed by atoms with E-state index in [0.717, 1.165) is 16.9 Å². The number of aromatic hydroxyl groups is 2. The predicted octanol–water partition coefficient (Wildman–Crippen LogP) is 3.38. The average Bonchev–Trinajstić information content (AvgIpc) is 2.51. The summed E-state index contributed by atoms with van der Waals surface area (Å²) in [5, 5.41) is 22.5. The fraction of sp³-hybridized carbons (Fsp3) is 0.118. The molecule has 0 radical (unpaired) electrons. The molecule has 0 heterocycles. The molecule has 4 heteroatoms. The lowest BCUT2D eigenvalue weighted by molar-refractivity contribution is 0.402. The lowest BCUT2D eigenvalue weighted by atomic mass is 10.0. The first kappa shape index (κ1) is 14.7. The van der Waals surface area contributed by atoms with E-state index in [1.807, 2.05) is 31.2 Å². The van der Waals surface area contributed by atoms with Crippen LogP contribution in [0, 0.1) is 6.92 Å². The van der Waals surface area contributed by atoms with Crippen molar-refractivity contribution in [3.63, 3.8) is 0 Å². The van der Waals surface area contributed by atoms with E-state index < -0.39 is 16.9 Å². The van der Waals surface area contributed by atoms with Crippen molar-refractivity contribution in [1.29, 1.82) is 0 Å². The highest BCUT2D eigenvalue weighted by molar-refractivity contribution is 5.81. The summed E-state index contributed by atoms with van der Waals surface area (Å²) >= 11 is 0. The summed E-state index contributed by atoms with van der Waals surface area (Å²) in [6.07, 6.45) is 0. The zero-order valence-electron chi connectivity index (χ0n) is 12.0. The highest BCUT2D eigenvalue weighted by Crippen LogP contribution is 2.33. The largest absolute Gasteiger partial charge is 0.504 e. The molecule has 0 saturated carbocycles. The first-order valence-corrected chi connectivity index (χ1v) is 6.49. The van der Waals surface area contributed by atoms with Crippen molar-refractivity contribution < 1.29 is 10.2 Å². The maximum Gasteiger partial charge on any atom is 0.224 e. The Balaban J connectivity index is 2.74. The summed E-state index contributed by atoms with van der Waals surface area (Å²) in [5.41, 5.74) is 3.10. The van der Waals surface area contributed by atoms with Crippen molar-refractivity contribution in [1.82, 2.24) is 0 Å². The van der Waals surface area contributed by atoms with Gasteiger partial charge in [0.25, 0.3) is 0 Å². The van der Waals surface area contributed by atoms with Crippen molar-refractivity contribution in [2.45, 2.75) is 13.8 Å². The van der Waals surface area contributed by atoms with Crippen LogP contribution >= 0.6 is 0 Å². The van der Waals surface area contributed by atoms with E-state index in [9.17, 15) is 15.0 Å². The van der Waals surface area contributed by atoms with Crippen LogP contribution in [0.5, 0.6) is 11.5 Å². The number of rotatable bonds is 3. The van der Waals surface area contributed by atoms with Crippen molar-refractivity contribution in [3.05, 3.63) is 64.5 Å². The Morgan fingerprint density at radius 2 is 1.81 bits per heavy atom. The van der Waals surface area contributed by atoms with E-state index in [1.54, 1.807) is 6.92 Å². The highest BCUT2D eigenvalue weighted by atomic mass is 16.3. The third-order valence-corrected chi connectivity index (χ3v) is 3.09. The number of nitrogens with one attached hydrogen (secondary N) is 1. The summed E-state index contributed by atoms with van der Waals surface area (Å²) in [7, 11) is 0. The van der Waals surface area contributed by atoms with Gasteiger partial charge in [0.1, 0.15) is 0 Å². The molecule has 0 atom stereocenters. The summed E-state index contributed by atoms with van der Waals surface area (Å²) in [6, 6.07) is 10.2. The van der Waals surface area contributed by atoms with Crippen LogP contribution in [-0.4, -0.2) is 10.2 Å². The molecular formula is C17H17NO3. The molecule has 0 bridgehead atoms.